The molecular weight excluding hydrogens is 247 g/mol. The number of hydrogen-bond acceptors (Lipinski definition) is 4. The average Bonchev–Trinajstić information content (AvgIpc) is 2.64. The van der Waals surface area contributed by atoms with Gasteiger partial charge in [0, 0.05) is 37.4 Å². The molecule has 5 heteroatoms. The van der Waals surface area contributed by atoms with Crippen LogP contribution in [0.15, 0.2) is 18.2 Å². The van der Waals surface area contributed by atoms with E-state index in [2.05, 4.69) is 9.80 Å². The highest BCUT2D eigenvalue weighted by Gasteiger charge is 2.15. The van der Waals surface area contributed by atoms with Gasteiger partial charge in [-0.1, -0.05) is 0 Å². The van der Waals surface area contributed by atoms with Gasteiger partial charge >= 0.3 is 0 Å². The monoisotopic (exact) mass is 266 g/mol. The van der Waals surface area contributed by atoms with E-state index in [9.17, 15) is 9.18 Å². The van der Waals surface area contributed by atoms with E-state index in [1.54, 1.807) is 6.07 Å². The van der Waals surface area contributed by atoms with E-state index in [0.29, 0.717) is 18.4 Å². The maximum Gasteiger partial charge on any atom is 0.150 e. The molecule has 0 aromatic heterocycles. The van der Waals surface area contributed by atoms with Crippen molar-refractivity contribution in [3.05, 3.63) is 29.6 Å². The van der Waals surface area contributed by atoms with Gasteiger partial charge in [-0.25, -0.2) is 4.39 Å². The van der Waals surface area contributed by atoms with Gasteiger partial charge in [-0.2, -0.15) is 0 Å². The Kier molecular flexibility index (Phi) is 4.87. The van der Waals surface area contributed by atoms with Crippen molar-refractivity contribution in [2.75, 3.05) is 44.2 Å². The van der Waals surface area contributed by atoms with E-state index >= 15 is 0 Å². The minimum absolute atomic E-state index is 0.162. The van der Waals surface area contributed by atoms with Crippen LogP contribution in [0.4, 0.5) is 10.1 Å². The maximum absolute atomic E-state index is 13.4. The van der Waals surface area contributed by atoms with E-state index in [0.717, 1.165) is 38.3 Å². The molecule has 1 fully saturated rings. The fourth-order valence-corrected chi connectivity index (χ4v) is 2.44. The van der Waals surface area contributed by atoms with E-state index in [1.165, 1.54) is 12.1 Å². The first-order valence-electron chi connectivity index (χ1n) is 6.57. The number of β-amino-alcohol motifs (C(OH)–C–C–N with tert-alkyl or cyclic N) is 1. The van der Waals surface area contributed by atoms with Crippen LogP contribution in [-0.4, -0.2) is 55.6 Å². The summed E-state index contributed by atoms with van der Waals surface area (Å²) >= 11 is 0. The number of aldehydes is 1. The van der Waals surface area contributed by atoms with Crippen LogP contribution in [-0.2, 0) is 0 Å². The molecule has 0 aliphatic carbocycles. The highest BCUT2D eigenvalue weighted by molar-refractivity contribution is 5.77. The lowest BCUT2D eigenvalue weighted by Crippen LogP contribution is -2.32. The van der Waals surface area contributed by atoms with Crippen LogP contribution in [0.2, 0.25) is 0 Å². The molecule has 104 valence electrons. The molecule has 1 N–H and O–H groups in total. The summed E-state index contributed by atoms with van der Waals surface area (Å²) in [6.45, 7) is 4.23. The van der Waals surface area contributed by atoms with Gasteiger partial charge in [-0.3, -0.25) is 9.69 Å². The van der Waals surface area contributed by atoms with Crippen LogP contribution in [0.5, 0.6) is 0 Å². The Balaban J connectivity index is 2.09. The summed E-state index contributed by atoms with van der Waals surface area (Å²) < 4.78 is 13.4. The number of carbonyl (C=O) groups is 1. The summed E-state index contributed by atoms with van der Waals surface area (Å²) in [7, 11) is 0. The second-order valence-electron chi connectivity index (χ2n) is 4.77. The Bertz CT molecular complexity index is 439. The molecule has 0 saturated carbocycles. The van der Waals surface area contributed by atoms with Crippen molar-refractivity contribution < 1.29 is 14.3 Å². The second-order valence-corrected chi connectivity index (χ2v) is 4.77. The van der Waals surface area contributed by atoms with Crippen LogP contribution in [0, 0.1) is 5.82 Å². The van der Waals surface area contributed by atoms with E-state index in [-0.39, 0.29) is 12.4 Å². The molecule has 0 spiro atoms. The largest absolute Gasteiger partial charge is 0.395 e. The van der Waals surface area contributed by atoms with Gasteiger partial charge in [0.05, 0.1) is 6.61 Å². The standard InChI is InChI=1S/C14H19FN2O2/c15-13-8-12(11-19)9-14(10-13)17-3-1-2-16(4-5-17)6-7-18/h8-11,18H,1-7H2. The number of hydrogen-bond donors (Lipinski definition) is 1. The quantitative estimate of drug-likeness (QED) is 0.830. The summed E-state index contributed by atoms with van der Waals surface area (Å²) in [5, 5.41) is 8.95. The average molecular weight is 266 g/mol. The van der Waals surface area contributed by atoms with E-state index < -0.39 is 0 Å². The molecule has 1 saturated heterocycles. The number of carbonyl (C=O) groups excluding carboxylic acids is 1. The van der Waals surface area contributed by atoms with Crippen molar-refractivity contribution in [2.45, 2.75) is 6.42 Å². The Morgan fingerprint density at radius 2 is 2.05 bits per heavy atom. The Hall–Kier alpha value is -1.46. The third-order valence-corrected chi connectivity index (χ3v) is 3.41. The summed E-state index contributed by atoms with van der Waals surface area (Å²) in [6, 6.07) is 4.43. The van der Waals surface area contributed by atoms with Gasteiger partial charge in [-0.15, -0.1) is 0 Å². The van der Waals surface area contributed by atoms with Gasteiger partial charge in [0.1, 0.15) is 12.1 Å². The lowest BCUT2D eigenvalue weighted by molar-refractivity contribution is 0.112. The summed E-state index contributed by atoms with van der Waals surface area (Å²) in [5.74, 6) is -0.379. The van der Waals surface area contributed by atoms with Gasteiger partial charge in [-0.05, 0) is 31.2 Å². The number of nitrogens with zero attached hydrogens (tertiary/aromatic N) is 2. The minimum atomic E-state index is -0.379. The van der Waals surface area contributed by atoms with Crippen molar-refractivity contribution in [2.24, 2.45) is 0 Å². The predicted molar refractivity (Wildman–Crippen MR) is 72.1 cm³/mol. The summed E-state index contributed by atoms with van der Waals surface area (Å²) in [4.78, 5) is 15.1. The Morgan fingerprint density at radius 3 is 2.79 bits per heavy atom. The summed E-state index contributed by atoms with van der Waals surface area (Å²) in [5.41, 5.74) is 1.12. The molecule has 0 bridgehead atoms. The van der Waals surface area contributed by atoms with Gasteiger partial charge in [0.25, 0.3) is 0 Å². The molecule has 1 heterocycles. The van der Waals surface area contributed by atoms with Crippen molar-refractivity contribution >= 4 is 12.0 Å². The maximum atomic E-state index is 13.4. The molecule has 1 aliphatic heterocycles. The predicted octanol–water partition coefficient (Wildman–Crippen LogP) is 1.14. The third kappa shape index (κ3) is 3.75. The van der Waals surface area contributed by atoms with Crippen LogP contribution in [0.1, 0.15) is 16.8 Å². The fourth-order valence-electron chi connectivity index (χ4n) is 2.44. The number of aliphatic hydroxyl groups excluding tert-OH is 1. The molecule has 0 radical (unpaired) electrons. The highest BCUT2D eigenvalue weighted by Crippen LogP contribution is 2.19. The van der Waals surface area contributed by atoms with Crippen molar-refractivity contribution in [1.29, 1.82) is 0 Å². The molecule has 1 aliphatic rings. The molecule has 0 unspecified atom stereocenters. The van der Waals surface area contributed by atoms with Crippen LogP contribution >= 0.6 is 0 Å². The molecule has 1 aromatic rings. The van der Waals surface area contributed by atoms with Crippen molar-refractivity contribution in [3.8, 4) is 0 Å². The lowest BCUT2D eigenvalue weighted by Gasteiger charge is -2.23. The topological polar surface area (TPSA) is 43.8 Å². The zero-order chi connectivity index (χ0) is 13.7. The van der Waals surface area contributed by atoms with E-state index in [4.69, 9.17) is 5.11 Å². The summed E-state index contributed by atoms with van der Waals surface area (Å²) in [6.07, 6.45) is 1.63. The first-order chi connectivity index (χ1) is 9.22. The van der Waals surface area contributed by atoms with Gasteiger partial charge < -0.3 is 10.0 Å². The Labute approximate surface area is 112 Å². The third-order valence-electron chi connectivity index (χ3n) is 3.41. The van der Waals surface area contributed by atoms with Crippen LogP contribution in [0.3, 0.4) is 0 Å². The molecular formula is C14H19FN2O2. The zero-order valence-electron chi connectivity index (χ0n) is 10.9. The van der Waals surface area contributed by atoms with Gasteiger partial charge in [0.15, 0.2) is 0 Å². The normalized spacial score (nSPS) is 17.3. The lowest BCUT2D eigenvalue weighted by atomic mass is 10.2. The SMILES string of the molecule is O=Cc1cc(F)cc(N2CCCN(CCO)CC2)c1. The van der Waals surface area contributed by atoms with Gasteiger partial charge in [0.2, 0.25) is 0 Å². The Morgan fingerprint density at radius 1 is 1.21 bits per heavy atom. The number of aliphatic hydroxyl groups is 1. The van der Waals surface area contributed by atoms with E-state index in [1.807, 2.05) is 0 Å². The second kappa shape index (κ2) is 6.63. The zero-order valence-corrected chi connectivity index (χ0v) is 10.9. The minimum Gasteiger partial charge on any atom is -0.395 e. The molecule has 0 amide bonds. The van der Waals surface area contributed by atoms with Crippen molar-refractivity contribution in [3.63, 3.8) is 0 Å². The molecule has 0 atom stereocenters. The van der Waals surface area contributed by atoms with Crippen molar-refractivity contribution in [1.82, 2.24) is 4.90 Å². The molecule has 4 nitrogen and oxygen atoms in total. The first-order valence-corrected chi connectivity index (χ1v) is 6.57. The number of halogens is 1. The number of rotatable bonds is 4. The van der Waals surface area contributed by atoms with Crippen LogP contribution < -0.4 is 4.90 Å². The number of benzene rings is 1. The molecule has 1 aromatic carbocycles. The first kappa shape index (κ1) is 14.0. The molecule has 19 heavy (non-hydrogen) atoms. The number of anilines is 1. The smallest absolute Gasteiger partial charge is 0.150 e. The molecule has 2 rings (SSSR count). The highest BCUT2D eigenvalue weighted by atomic mass is 19.1. The fraction of sp³-hybridized carbons (Fsp3) is 0.500. The van der Waals surface area contributed by atoms with Crippen LogP contribution in [0.25, 0.3) is 0 Å².